The van der Waals surface area contributed by atoms with Crippen molar-refractivity contribution < 1.29 is 9.53 Å². The van der Waals surface area contributed by atoms with E-state index in [4.69, 9.17) is 15.6 Å². The predicted molar refractivity (Wildman–Crippen MR) is 127 cm³/mol. The fraction of sp³-hybridized carbons (Fsp3) is 0.400. The van der Waals surface area contributed by atoms with Gasteiger partial charge in [-0.05, 0) is 43.5 Å². The number of likely N-dealkylation sites (tertiary alicyclic amines) is 1. The molecule has 1 saturated carbocycles. The van der Waals surface area contributed by atoms with Gasteiger partial charge in [0.25, 0.3) is 0 Å². The fourth-order valence-corrected chi connectivity index (χ4v) is 5.39. The first-order chi connectivity index (χ1) is 17.0. The van der Waals surface area contributed by atoms with Gasteiger partial charge >= 0.3 is 6.03 Å². The second-order valence-corrected chi connectivity index (χ2v) is 9.50. The largest absolute Gasteiger partial charge is 0.383 e. The van der Waals surface area contributed by atoms with Crippen molar-refractivity contribution in [3.8, 4) is 17.3 Å². The first-order valence-corrected chi connectivity index (χ1v) is 11.9. The van der Waals surface area contributed by atoms with Gasteiger partial charge in [0.2, 0.25) is 0 Å². The quantitative estimate of drug-likeness (QED) is 0.600. The molecule has 3 aliphatic rings. The highest BCUT2D eigenvalue weighted by atomic mass is 16.5. The predicted octanol–water partition coefficient (Wildman–Crippen LogP) is 2.51. The lowest BCUT2D eigenvalue weighted by atomic mass is 9.74. The minimum Gasteiger partial charge on any atom is -0.383 e. The Labute approximate surface area is 202 Å². The summed E-state index contributed by atoms with van der Waals surface area (Å²) in [5.74, 6) is 0.201. The van der Waals surface area contributed by atoms with E-state index in [0.29, 0.717) is 43.9 Å². The number of ether oxygens (including phenoxy) is 1. The molecule has 0 unspecified atom stereocenters. The number of hydrogen-bond donors (Lipinski definition) is 2. The Morgan fingerprint density at radius 1 is 1.20 bits per heavy atom. The number of nitrogens with zero attached hydrogens (tertiary/aromatic N) is 6. The number of carbonyl (C=O) groups is 1. The highest BCUT2D eigenvalue weighted by molar-refractivity contribution is 5.76. The molecule has 3 aromatic heterocycles. The van der Waals surface area contributed by atoms with Crippen molar-refractivity contribution in [1.82, 2.24) is 30.0 Å². The van der Waals surface area contributed by atoms with E-state index in [9.17, 15) is 10.1 Å². The minimum atomic E-state index is -0.613. The number of hydrogen-bond acceptors (Lipinski definition) is 7. The number of urea groups is 1. The van der Waals surface area contributed by atoms with Crippen LogP contribution in [0.2, 0.25) is 0 Å². The lowest BCUT2D eigenvalue weighted by Gasteiger charge is -2.43. The van der Waals surface area contributed by atoms with Crippen molar-refractivity contribution in [2.45, 2.75) is 43.4 Å². The van der Waals surface area contributed by atoms with Gasteiger partial charge in [0, 0.05) is 30.9 Å². The average molecular weight is 471 g/mol. The van der Waals surface area contributed by atoms with Crippen LogP contribution in [0.1, 0.15) is 42.6 Å². The number of fused-ring (bicyclic) bond motifs is 2. The van der Waals surface area contributed by atoms with Crippen molar-refractivity contribution in [2.75, 3.05) is 25.4 Å². The Hall–Kier alpha value is -3.97. The SMILES string of the molecule is N#Cc1cc(-c2cc3n(n2)CCO[C@@]32CCN(C(=O)NC3(c4ccccn4)CCC3)C2)cnc1N. The summed E-state index contributed by atoms with van der Waals surface area (Å²) in [7, 11) is 0. The number of pyridine rings is 2. The van der Waals surface area contributed by atoms with Crippen LogP contribution < -0.4 is 11.1 Å². The Kier molecular flexibility index (Phi) is 4.96. The molecule has 10 heteroatoms. The number of aromatic nitrogens is 4. The van der Waals surface area contributed by atoms with Crippen molar-refractivity contribution in [1.29, 1.82) is 5.26 Å². The minimum absolute atomic E-state index is 0.0888. The standard InChI is InChI=1S/C25H26N8O2/c26-14-17-12-18(15-29-22(17)27)19-13-21-25(35-11-10-33(21)31-19)7-9-32(16-25)23(34)30-24(5-3-6-24)20-4-1-2-8-28-20/h1-2,4,8,12-13,15H,3,5-7,9-11,16H2,(H2,27,29)(H,30,34)/t25-/m1/s1. The van der Waals surface area contributed by atoms with Crippen LogP contribution in [0.4, 0.5) is 10.6 Å². The maximum atomic E-state index is 13.4. The molecular weight excluding hydrogens is 444 g/mol. The molecule has 2 amide bonds. The van der Waals surface area contributed by atoms with E-state index in [1.54, 1.807) is 18.5 Å². The second kappa shape index (κ2) is 8.06. The van der Waals surface area contributed by atoms with E-state index < -0.39 is 11.1 Å². The smallest absolute Gasteiger partial charge is 0.318 e. The van der Waals surface area contributed by atoms with Gasteiger partial charge in [-0.3, -0.25) is 9.67 Å². The van der Waals surface area contributed by atoms with Crippen LogP contribution in [0, 0.1) is 11.3 Å². The zero-order chi connectivity index (χ0) is 24.0. The zero-order valence-electron chi connectivity index (χ0n) is 19.3. The second-order valence-electron chi connectivity index (χ2n) is 9.50. The van der Waals surface area contributed by atoms with Gasteiger partial charge in [-0.2, -0.15) is 10.4 Å². The van der Waals surface area contributed by atoms with Crippen molar-refractivity contribution >= 4 is 11.8 Å². The number of amides is 2. The monoisotopic (exact) mass is 470 g/mol. The van der Waals surface area contributed by atoms with E-state index in [1.807, 2.05) is 33.8 Å². The van der Waals surface area contributed by atoms with Gasteiger partial charge < -0.3 is 20.7 Å². The molecule has 178 valence electrons. The third kappa shape index (κ3) is 3.51. The third-order valence-corrected chi connectivity index (χ3v) is 7.49. The molecule has 1 aliphatic carbocycles. The van der Waals surface area contributed by atoms with E-state index in [0.717, 1.165) is 36.2 Å². The van der Waals surface area contributed by atoms with Crippen LogP contribution in [-0.4, -0.2) is 50.4 Å². The molecule has 2 aliphatic heterocycles. The van der Waals surface area contributed by atoms with Gasteiger partial charge in [-0.15, -0.1) is 0 Å². The number of nitrogen functional groups attached to an aromatic ring is 1. The van der Waals surface area contributed by atoms with Gasteiger partial charge in [-0.1, -0.05) is 6.07 Å². The normalized spacial score (nSPS) is 22.3. The third-order valence-electron chi connectivity index (χ3n) is 7.49. The number of nitriles is 1. The number of nitrogens with two attached hydrogens (primary N) is 1. The Morgan fingerprint density at radius 3 is 2.83 bits per heavy atom. The molecule has 2 fully saturated rings. The van der Waals surface area contributed by atoms with Crippen LogP contribution in [-0.2, 0) is 22.4 Å². The molecule has 1 atom stereocenters. The van der Waals surface area contributed by atoms with Gasteiger partial charge in [0.15, 0.2) is 0 Å². The number of carbonyl (C=O) groups excluding carboxylic acids is 1. The Balaban J connectivity index is 1.24. The van der Waals surface area contributed by atoms with E-state index >= 15 is 0 Å². The number of rotatable bonds is 3. The lowest BCUT2D eigenvalue weighted by Crippen LogP contribution is -2.55. The maximum Gasteiger partial charge on any atom is 0.318 e. The fourth-order valence-electron chi connectivity index (χ4n) is 5.39. The molecule has 5 heterocycles. The maximum absolute atomic E-state index is 13.4. The highest BCUT2D eigenvalue weighted by Gasteiger charge is 2.49. The molecular formula is C25H26N8O2. The van der Waals surface area contributed by atoms with Crippen LogP contribution in [0.15, 0.2) is 42.7 Å². The van der Waals surface area contributed by atoms with E-state index in [1.165, 1.54) is 0 Å². The Morgan fingerprint density at radius 2 is 2.09 bits per heavy atom. The van der Waals surface area contributed by atoms with E-state index in [-0.39, 0.29) is 11.8 Å². The summed E-state index contributed by atoms with van der Waals surface area (Å²) in [6.07, 6.45) is 6.94. The molecule has 6 rings (SSSR count). The molecule has 10 nitrogen and oxygen atoms in total. The summed E-state index contributed by atoms with van der Waals surface area (Å²) in [6, 6.07) is 11.5. The van der Waals surface area contributed by atoms with Gasteiger partial charge in [0.05, 0.1) is 47.9 Å². The van der Waals surface area contributed by atoms with Crippen LogP contribution in [0.25, 0.3) is 11.3 Å². The highest BCUT2D eigenvalue weighted by Crippen LogP contribution is 2.42. The summed E-state index contributed by atoms with van der Waals surface area (Å²) >= 11 is 0. The number of nitrogens with one attached hydrogen (secondary N) is 1. The average Bonchev–Trinajstić information content (AvgIpc) is 3.49. The Bertz CT molecular complexity index is 1330. The molecule has 1 saturated heterocycles. The number of anilines is 1. The molecule has 3 aromatic rings. The van der Waals surface area contributed by atoms with Crippen molar-refractivity contribution in [3.05, 3.63) is 59.7 Å². The lowest BCUT2D eigenvalue weighted by molar-refractivity contribution is -0.0703. The molecule has 0 radical (unpaired) electrons. The molecule has 0 bridgehead atoms. The van der Waals surface area contributed by atoms with Gasteiger partial charge in [-0.25, -0.2) is 9.78 Å². The summed E-state index contributed by atoms with van der Waals surface area (Å²) in [6.45, 7) is 2.18. The summed E-state index contributed by atoms with van der Waals surface area (Å²) in [5, 5.41) is 17.3. The molecule has 35 heavy (non-hydrogen) atoms. The van der Waals surface area contributed by atoms with Crippen LogP contribution in [0.3, 0.4) is 0 Å². The zero-order valence-corrected chi connectivity index (χ0v) is 19.3. The summed E-state index contributed by atoms with van der Waals surface area (Å²) in [5.41, 5.74) is 8.38. The first-order valence-electron chi connectivity index (χ1n) is 11.9. The summed E-state index contributed by atoms with van der Waals surface area (Å²) in [4.78, 5) is 23.8. The van der Waals surface area contributed by atoms with Crippen molar-refractivity contribution in [3.63, 3.8) is 0 Å². The summed E-state index contributed by atoms with van der Waals surface area (Å²) < 4.78 is 8.27. The topological polar surface area (TPSA) is 135 Å². The van der Waals surface area contributed by atoms with Gasteiger partial charge in [0.1, 0.15) is 17.5 Å². The molecule has 0 aromatic carbocycles. The molecule has 3 N–H and O–H groups in total. The molecule has 1 spiro atoms. The van der Waals surface area contributed by atoms with E-state index in [2.05, 4.69) is 21.4 Å². The van der Waals surface area contributed by atoms with Crippen LogP contribution >= 0.6 is 0 Å². The van der Waals surface area contributed by atoms with Crippen LogP contribution in [0.5, 0.6) is 0 Å². The van der Waals surface area contributed by atoms with Crippen molar-refractivity contribution in [2.24, 2.45) is 0 Å². The first kappa shape index (κ1) is 21.6.